The summed E-state index contributed by atoms with van der Waals surface area (Å²) >= 11 is 0. The highest BCUT2D eigenvalue weighted by molar-refractivity contribution is 6.35. The molecule has 0 aliphatic heterocycles. The van der Waals surface area contributed by atoms with Gasteiger partial charge in [0.15, 0.2) is 6.61 Å². The molecule has 2 N–H and O–H groups in total. The number of amides is 2. The number of hydrogen-bond donors (Lipinski definition) is 2. The van der Waals surface area contributed by atoms with Gasteiger partial charge in [0.25, 0.3) is 0 Å². The third-order valence-electron chi connectivity index (χ3n) is 3.99. The van der Waals surface area contributed by atoms with Crippen LogP contribution in [0.3, 0.4) is 0 Å². The van der Waals surface area contributed by atoms with Crippen molar-refractivity contribution in [3.05, 3.63) is 29.8 Å². The summed E-state index contributed by atoms with van der Waals surface area (Å²) in [4.78, 5) is 34.5. The van der Waals surface area contributed by atoms with Crippen molar-refractivity contribution in [3.63, 3.8) is 0 Å². The normalized spacial score (nSPS) is 14.7. The molecule has 1 aromatic carbocycles. The second-order valence-corrected chi connectivity index (χ2v) is 5.94. The monoisotopic (exact) mass is 361 g/mol. The quantitative estimate of drug-likeness (QED) is 0.342. The van der Waals surface area contributed by atoms with Gasteiger partial charge in [0, 0.05) is 6.04 Å². The van der Waals surface area contributed by atoms with E-state index in [-0.39, 0.29) is 12.6 Å². The van der Waals surface area contributed by atoms with Crippen LogP contribution in [0.25, 0.3) is 0 Å². The Balaban J connectivity index is 1.75. The number of carbonyl (C=O) groups is 3. The van der Waals surface area contributed by atoms with Crippen molar-refractivity contribution in [3.8, 4) is 5.75 Å². The Kier molecular flexibility index (Phi) is 7.60. The zero-order valence-corrected chi connectivity index (χ0v) is 14.7. The summed E-state index contributed by atoms with van der Waals surface area (Å²) < 4.78 is 9.70. The standard InChI is InChI=1S/C18H23N3O5/c1-25-16(22)12-26-15-9-7-13(8-10-15)11-19-21-18(24)17(23)20-14-5-3-2-4-6-14/h7-11,14H,2-6,12H2,1H3,(H,20,23)(H,21,24). The van der Waals surface area contributed by atoms with Crippen LogP contribution in [0.2, 0.25) is 0 Å². The van der Waals surface area contributed by atoms with Gasteiger partial charge in [-0.25, -0.2) is 10.2 Å². The lowest BCUT2D eigenvalue weighted by Gasteiger charge is -2.22. The molecule has 0 aromatic heterocycles. The number of ether oxygens (including phenoxy) is 2. The molecule has 0 spiro atoms. The van der Waals surface area contributed by atoms with Crippen LogP contribution in [-0.4, -0.2) is 43.8 Å². The molecule has 140 valence electrons. The predicted molar refractivity (Wildman–Crippen MR) is 94.7 cm³/mol. The lowest BCUT2D eigenvalue weighted by molar-refractivity contribution is -0.142. The number of rotatable bonds is 6. The highest BCUT2D eigenvalue weighted by Crippen LogP contribution is 2.17. The van der Waals surface area contributed by atoms with Crippen molar-refractivity contribution in [2.75, 3.05) is 13.7 Å². The second-order valence-electron chi connectivity index (χ2n) is 5.94. The summed E-state index contributed by atoms with van der Waals surface area (Å²) in [7, 11) is 1.29. The molecule has 1 aromatic rings. The maximum atomic E-state index is 11.8. The Labute approximate surface area is 151 Å². The van der Waals surface area contributed by atoms with Crippen LogP contribution in [-0.2, 0) is 19.1 Å². The van der Waals surface area contributed by atoms with Crippen molar-refractivity contribution in [1.29, 1.82) is 0 Å². The van der Waals surface area contributed by atoms with Gasteiger partial charge in [0.2, 0.25) is 0 Å². The van der Waals surface area contributed by atoms with E-state index in [2.05, 4.69) is 20.6 Å². The van der Waals surface area contributed by atoms with Gasteiger partial charge in [0.1, 0.15) is 5.75 Å². The van der Waals surface area contributed by atoms with E-state index >= 15 is 0 Å². The van der Waals surface area contributed by atoms with Crippen LogP contribution in [0.5, 0.6) is 5.75 Å². The molecule has 0 unspecified atom stereocenters. The summed E-state index contributed by atoms with van der Waals surface area (Å²) in [6, 6.07) is 6.78. The number of nitrogens with zero attached hydrogens (tertiary/aromatic N) is 1. The van der Waals surface area contributed by atoms with Crippen LogP contribution in [0, 0.1) is 0 Å². The Bertz CT molecular complexity index is 651. The Morgan fingerprint density at radius 3 is 2.46 bits per heavy atom. The number of benzene rings is 1. The van der Waals surface area contributed by atoms with Crippen molar-refractivity contribution < 1.29 is 23.9 Å². The first-order chi connectivity index (χ1) is 12.6. The molecule has 8 heteroatoms. The Hall–Kier alpha value is -2.90. The fourth-order valence-electron chi connectivity index (χ4n) is 2.57. The molecule has 1 aliphatic carbocycles. The SMILES string of the molecule is COC(=O)COc1ccc(C=NNC(=O)C(=O)NC2CCCCC2)cc1. The van der Waals surface area contributed by atoms with E-state index in [1.165, 1.54) is 19.7 Å². The predicted octanol–water partition coefficient (Wildman–Crippen LogP) is 1.14. The minimum Gasteiger partial charge on any atom is -0.482 e. The molecule has 0 heterocycles. The third-order valence-corrected chi connectivity index (χ3v) is 3.99. The summed E-state index contributed by atoms with van der Waals surface area (Å²) in [6.07, 6.45) is 6.55. The molecule has 26 heavy (non-hydrogen) atoms. The number of hydrazone groups is 1. The maximum absolute atomic E-state index is 11.8. The van der Waals surface area contributed by atoms with Gasteiger partial charge >= 0.3 is 17.8 Å². The number of esters is 1. The lowest BCUT2D eigenvalue weighted by atomic mass is 9.95. The van der Waals surface area contributed by atoms with E-state index in [4.69, 9.17) is 4.74 Å². The van der Waals surface area contributed by atoms with E-state index in [1.807, 2.05) is 0 Å². The van der Waals surface area contributed by atoms with Gasteiger partial charge < -0.3 is 14.8 Å². The third kappa shape index (κ3) is 6.54. The molecule has 0 atom stereocenters. The average molecular weight is 361 g/mol. The smallest absolute Gasteiger partial charge is 0.343 e. The van der Waals surface area contributed by atoms with Crippen LogP contribution >= 0.6 is 0 Å². The summed E-state index contributed by atoms with van der Waals surface area (Å²) in [5.41, 5.74) is 2.91. The molecule has 2 amide bonds. The molecule has 1 aliphatic rings. The van der Waals surface area contributed by atoms with Crippen molar-refractivity contribution in [1.82, 2.24) is 10.7 Å². The van der Waals surface area contributed by atoms with E-state index in [1.54, 1.807) is 24.3 Å². The fourth-order valence-corrected chi connectivity index (χ4v) is 2.57. The van der Waals surface area contributed by atoms with Crippen LogP contribution in [0.15, 0.2) is 29.4 Å². The zero-order valence-electron chi connectivity index (χ0n) is 14.7. The molecule has 2 rings (SSSR count). The van der Waals surface area contributed by atoms with Gasteiger partial charge in [0.05, 0.1) is 13.3 Å². The van der Waals surface area contributed by atoms with Gasteiger partial charge in [-0.3, -0.25) is 9.59 Å². The minimum absolute atomic E-state index is 0.0727. The topological polar surface area (TPSA) is 106 Å². The Morgan fingerprint density at radius 2 is 1.81 bits per heavy atom. The fraction of sp³-hybridized carbons (Fsp3) is 0.444. The Morgan fingerprint density at radius 1 is 1.12 bits per heavy atom. The number of carbonyl (C=O) groups excluding carboxylic acids is 3. The molecular formula is C18H23N3O5. The molecular weight excluding hydrogens is 338 g/mol. The van der Waals surface area contributed by atoms with E-state index in [0.29, 0.717) is 11.3 Å². The van der Waals surface area contributed by atoms with E-state index in [9.17, 15) is 14.4 Å². The summed E-state index contributed by atoms with van der Waals surface area (Å²) in [5, 5.41) is 6.50. The molecule has 1 fully saturated rings. The van der Waals surface area contributed by atoms with Crippen molar-refractivity contribution in [2.45, 2.75) is 38.1 Å². The lowest BCUT2D eigenvalue weighted by Crippen LogP contribution is -2.44. The molecule has 8 nitrogen and oxygen atoms in total. The van der Waals surface area contributed by atoms with Gasteiger partial charge in [-0.1, -0.05) is 19.3 Å². The summed E-state index contributed by atoms with van der Waals surface area (Å²) in [6.45, 7) is -0.171. The summed E-state index contributed by atoms with van der Waals surface area (Å²) in [5.74, 6) is -1.42. The molecule has 1 saturated carbocycles. The average Bonchev–Trinajstić information content (AvgIpc) is 2.67. The van der Waals surface area contributed by atoms with Gasteiger partial charge in [-0.05, 0) is 42.7 Å². The van der Waals surface area contributed by atoms with Crippen LogP contribution in [0.4, 0.5) is 0 Å². The molecule has 0 radical (unpaired) electrons. The van der Waals surface area contributed by atoms with Gasteiger partial charge in [-0.2, -0.15) is 5.10 Å². The zero-order chi connectivity index (χ0) is 18.8. The number of nitrogens with one attached hydrogen (secondary N) is 2. The molecule has 0 bridgehead atoms. The first kappa shape index (κ1) is 19.4. The number of methoxy groups -OCH3 is 1. The maximum Gasteiger partial charge on any atom is 0.343 e. The van der Waals surface area contributed by atoms with E-state index in [0.717, 1.165) is 25.7 Å². The van der Waals surface area contributed by atoms with Crippen molar-refractivity contribution in [2.24, 2.45) is 5.10 Å². The highest BCUT2D eigenvalue weighted by atomic mass is 16.6. The van der Waals surface area contributed by atoms with Crippen molar-refractivity contribution >= 4 is 24.0 Å². The highest BCUT2D eigenvalue weighted by Gasteiger charge is 2.19. The first-order valence-corrected chi connectivity index (χ1v) is 8.52. The second kappa shape index (κ2) is 10.2. The van der Waals surface area contributed by atoms with Crippen LogP contribution < -0.4 is 15.5 Å². The first-order valence-electron chi connectivity index (χ1n) is 8.52. The van der Waals surface area contributed by atoms with Crippen LogP contribution in [0.1, 0.15) is 37.7 Å². The van der Waals surface area contributed by atoms with E-state index < -0.39 is 17.8 Å². The number of hydrogen-bond acceptors (Lipinski definition) is 6. The molecule has 0 saturated heterocycles. The van der Waals surface area contributed by atoms with Gasteiger partial charge in [-0.15, -0.1) is 0 Å². The largest absolute Gasteiger partial charge is 0.482 e. The minimum atomic E-state index is -0.787.